The molecule has 7 nitrogen and oxygen atoms in total. The van der Waals surface area contributed by atoms with Crippen LogP contribution in [-0.4, -0.2) is 53.8 Å². The smallest absolute Gasteiger partial charge is 0.247 e. The van der Waals surface area contributed by atoms with Crippen LogP contribution in [0.4, 0.5) is 0 Å². The van der Waals surface area contributed by atoms with Gasteiger partial charge in [0.25, 0.3) is 0 Å². The molecular formula is C12H21N5O2S. The van der Waals surface area contributed by atoms with Crippen LogP contribution in [0, 0.1) is 5.41 Å². The minimum absolute atomic E-state index is 0.108. The molecule has 1 amide bonds. The molecule has 0 aromatic heterocycles. The van der Waals surface area contributed by atoms with E-state index in [1.807, 2.05) is 0 Å². The second kappa shape index (κ2) is 7.88. The summed E-state index contributed by atoms with van der Waals surface area (Å²) in [7, 11) is 1.60. The van der Waals surface area contributed by atoms with E-state index < -0.39 is 6.04 Å². The van der Waals surface area contributed by atoms with Crippen LogP contribution in [0.15, 0.2) is 4.99 Å². The number of hydrogen-bond donors (Lipinski definition) is 4. The molecule has 0 saturated heterocycles. The third-order valence-electron chi connectivity index (χ3n) is 3.21. The topological polar surface area (TPSA) is 112 Å². The lowest BCUT2D eigenvalue weighted by Gasteiger charge is -2.27. The van der Waals surface area contributed by atoms with Crippen molar-refractivity contribution in [1.82, 2.24) is 10.2 Å². The zero-order valence-electron chi connectivity index (χ0n) is 11.5. The maximum Gasteiger partial charge on any atom is 0.247 e. The van der Waals surface area contributed by atoms with Gasteiger partial charge in [-0.15, -0.1) is 12.6 Å². The van der Waals surface area contributed by atoms with Crippen LogP contribution < -0.4 is 11.1 Å². The molecule has 0 saturated carbocycles. The first kappa shape index (κ1) is 16.5. The Labute approximate surface area is 123 Å². The molecule has 1 aliphatic rings. The third-order valence-corrected chi connectivity index (χ3v) is 3.51. The minimum atomic E-state index is -0.574. The Morgan fingerprint density at radius 3 is 2.85 bits per heavy atom. The predicted octanol–water partition coefficient (Wildman–Crippen LogP) is -0.234. The molecule has 4 N–H and O–H groups in total. The first-order valence-corrected chi connectivity index (χ1v) is 6.97. The van der Waals surface area contributed by atoms with Crippen LogP contribution in [0.5, 0.6) is 0 Å². The average Bonchev–Trinajstić information content (AvgIpc) is 2.90. The Morgan fingerprint density at radius 1 is 1.65 bits per heavy atom. The van der Waals surface area contributed by atoms with Gasteiger partial charge in [-0.3, -0.25) is 20.0 Å². The van der Waals surface area contributed by atoms with Crippen molar-refractivity contribution in [2.75, 3.05) is 13.6 Å². The first-order chi connectivity index (χ1) is 9.43. The lowest BCUT2D eigenvalue weighted by atomic mass is 10.1. The van der Waals surface area contributed by atoms with Gasteiger partial charge in [-0.05, 0) is 31.9 Å². The van der Waals surface area contributed by atoms with Gasteiger partial charge in [0.15, 0.2) is 5.96 Å². The Morgan fingerprint density at radius 2 is 2.35 bits per heavy atom. The number of nitrogens with one attached hydrogen (secondary N) is 2. The maximum atomic E-state index is 12.2. The van der Waals surface area contributed by atoms with E-state index in [4.69, 9.17) is 11.1 Å². The van der Waals surface area contributed by atoms with Crippen molar-refractivity contribution in [1.29, 1.82) is 5.41 Å². The largest absolute Gasteiger partial charge is 0.370 e. The van der Waals surface area contributed by atoms with Gasteiger partial charge in [0.1, 0.15) is 12.1 Å². The van der Waals surface area contributed by atoms with E-state index in [1.54, 1.807) is 13.3 Å². The SMILES string of the molecule is CN(C(=O)C1CCC=N1)C(CCCNC(=N)N)C(=O)S. The second-order valence-electron chi connectivity index (χ2n) is 4.71. The summed E-state index contributed by atoms with van der Waals surface area (Å²) < 4.78 is 0. The van der Waals surface area contributed by atoms with Gasteiger partial charge < -0.3 is 16.0 Å². The quantitative estimate of drug-likeness (QED) is 0.225. The fraction of sp³-hybridized carbons (Fsp3) is 0.667. The number of rotatable bonds is 7. The number of thiol groups is 1. The van der Waals surface area contributed by atoms with Crippen molar-refractivity contribution in [2.45, 2.75) is 37.8 Å². The molecule has 0 aliphatic carbocycles. The standard InChI is InChI=1S/C12H21N5O2S/c1-17(10(18)8-4-2-6-15-8)9(11(19)20)5-3-7-16-12(13)14/h6,8-9H,2-5,7H2,1H3,(H,19,20)(H4,13,14,16). The fourth-order valence-electron chi connectivity index (χ4n) is 2.09. The van der Waals surface area contributed by atoms with E-state index in [9.17, 15) is 9.59 Å². The van der Waals surface area contributed by atoms with Crippen LogP contribution in [0.2, 0.25) is 0 Å². The first-order valence-electron chi connectivity index (χ1n) is 6.52. The van der Waals surface area contributed by atoms with Crippen LogP contribution in [0.25, 0.3) is 0 Å². The zero-order valence-corrected chi connectivity index (χ0v) is 12.4. The monoisotopic (exact) mass is 299 g/mol. The summed E-state index contributed by atoms with van der Waals surface area (Å²) in [5.74, 6) is -0.255. The third kappa shape index (κ3) is 4.84. The van der Waals surface area contributed by atoms with Crippen LogP contribution in [0.3, 0.4) is 0 Å². The molecule has 2 unspecified atom stereocenters. The van der Waals surface area contributed by atoms with Crippen LogP contribution in [-0.2, 0) is 9.59 Å². The van der Waals surface area contributed by atoms with E-state index in [1.165, 1.54) is 4.90 Å². The van der Waals surface area contributed by atoms with Crippen molar-refractivity contribution >= 4 is 35.8 Å². The van der Waals surface area contributed by atoms with Crippen LogP contribution >= 0.6 is 12.6 Å². The summed E-state index contributed by atoms with van der Waals surface area (Å²) in [6, 6.07) is -0.944. The molecule has 0 aromatic carbocycles. The predicted molar refractivity (Wildman–Crippen MR) is 81.2 cm³/mol. The molecule has 1 aliphatic heterocycles. The molecule has 8 heteroatoms. The fourth-order valence-corrected chi connectivity index (χ4v) is 2.39. The molecule has 112 valence electrons. The highest BCUT2D eigenvalue weighted by Crippen LogP contribution is 2.15. The summed E-state index contributed by atoms with van der Waals surface area (Å²) in [5.41, 5.74) is 5.17. The molecule has 2 atom stereocenters. The molecular weight excluding hydrogens is 278 g/mol. The van der Waals surface area contributed by atoms with Gasteiger partial charge >= 0.3 is 0 Å². The van der Waals surface area contributed by atoms with Gasteiger partial charge in [0.2, 0.25) is 11.0 Å². The van der Waals surface area contributed by atoms with Gasteiger partial charge in [0.05, 0.1) is 0 Å². The van der Waals surface area contributed by atoms with E-state index in [0.29, 0.717) is 25.8 Å². The van der Waals surface area contributed by atoms with Gasteiger partial charge in [-0.25, -0.2) is 0 Å². The second-order valence-corrected chi connectivity index (χ2v) is 5.15. The van der Waals surface area contributed by atoms with E-state index in [2.05, 4.69) is 22.9 Å². The molecule has 0 aromatic rings. The molecule has 0 bridgehead atoms. The number of carbonyl (C=O) groups is 2. The Hall–Kier alpha value is -1.57. The Bertz CT molecular complexity index is 413. The molecule has 1 heterocycles. The maximum absolute atomic E-state index is 12.2. The number of guanidine groups is 1. The van der Waals surface area contributed by atoms with E-state index in [-0.39, 0.29) is 23.0 Å². The van der Waals surface area contributed by atoms with Crippen LogP contribution in [0.1, 0.15) is 25.7 Å². The summed E-state index contributed by atoms with van der Waals surface area (Å²) in [6.07, 6.45) is 4.32. The van der Waals surface area contributed by atoms with Gasteiger partial charge in [0, 0.05) is 13.6 Å². The van der Waals surface area contributed by atoms with Crippen molar-refractivity contribution in [3.63, 3.8) is 0 Å². The number of likely N-dealkylation sites (N-methyl/N-ethyl adjacent to an activating group) is 1. The number of carbonyl (C=O) groups excluding carboxylic acids is 2. The normalized spacial score (nSPS) is 18.6. The number of aliphatic imine (C=N–C) groups is 1. The summed E-state index contributed by atoms with van der Waals surface area (Å²) in [6.45, 7) is 0.483. The molecule has 0 radical (unpaired) electrons. The molecule has 0 spiro atoms. The lowest BCUT2D eigenvalue weighted by Crippen LogP contribution is -2.45. The van der Waals surface area contributed by atoms with Crippen molar-refractivity contribution < 1.29 is 9.59 Å². The number of hydrogen-bond acceptors (Lipinski definition) is 4. The molecule has 1 rings (SSSR count). The summed E-state index contributed by atoms with van der Waals surface area (Å²) >= 11 is 3.85. The molecule has 20 heavy (non-hydrogen) atoms. The number of amides is 1. The average molecular weight is 299 g/mol. The highest BCUT2D eigenvalue weighted by atomic mass is 32.1. The van der Waals surface area contributed by atoms with E-state index >= 15 is 0 Å². The summed E-state index contributed by atoms with van der Waals surface area (Å²) in [4.78, 5) is 29.3. The number of nitrogens with two attached hydrogens (primary N) is 1. The van der Waals surface area contributed by atoms with Crippen molar-refractivity contribution in [2.24, 2.45) is 10.7 Å². The summed E-state index contributed by atoms with van der Waals surface area (Å²) in [5, 5.41) is 9.35. The minimum Gasteiger partial charge on any atom is -0.370 e. The zero-order chi connectivity index (χ0) is 15.1. The van der Waals surface area contributed by atoms with Crippen molar-refractivity contribution in [3.05, 3.63) is 0 Å². The van der Waals surface area contributed by atoms with Crippen molar-refractivity contribution in [3.8, 4) is 0 Å². The van der Waals surface area contributed by atoms with E-state index in [0.717, 1.165) is 6.42 Å². The molecule has 0 fully saturated rings. The lowest BCUT2D eigenvalue weighted by molar-refractivity contribution is -0.136. The highest BCUT2D eigenvalue weighted by Gasteiger charge is 2.30. The van der Waals surface area contributed by atoms with Gasteiger partial charge in [-0.2, -0.15) is 0 Å². The Balaban J connectivity index is 2.51. The highest BCUT2D eigenvalue weighted by molar-refractivity contribution is 7.96. The number of nitrogens with zero attached hydrogens (tertiary/aromatic N) is 2. The van der Waals surface area contributed by atoms with Gasteiger partial charge in [-0.1, -0.05) is 0 Å². The Kier molecular flexibility index (Phi) is 6.50.